The van der Waals surface area contributed by atoms with Gasteiger partial charge in [0.2, 0.25) is 0 Å². The number of nitrogens with zero attached hydrogens (tertiary/aromatic N) is 2. The summed E-state index contributed by atoms with van der Waals surface area (Å²) in [6, 6.07) is 9.09. The van der Waals surface area contributed by atoms with Crippen LogP contribution in [-0.2, 0) is 0 Å². The van der Waals surface area contributed by atoms with Gasteiger partial charge < -0.3 is 0 Å². The summed E-state index contributed by atoms with van der Waals surface area (Å²) in [6.07, 6.45) is 9.49. The highest BCUT2D eigenvalue weighted by Crippen LogP contribution is 2.33. The second-order valence-corrected chi connectivity index (χ2v) is 6.78. The molecule has 3 rings (SSSR count). The van der Waals surface area contributed by atoms with Crippen molar-refractivity contribution in [3.63, 3.8) is 0 Å². The first-order valence-corrected chi connectivity index (χ1v) is 8.11. The quantitative estimate of drug-likeness (QED) is 0.691. The van der Waals surface area contributed by atoms with E-state index in [1.807, 2.05) is 6.20 Å². The fourth-order valence-corrected chi connectivity index (χ4v) is 3.71. The first-order valence-electron chi connectivity index (χ1n) is 7.03. The summed E-state index contributed by atoms with van der Waals surface area (Å²) in [6.45, 7) is 2.36. The number of hydrogen-bond donors (Lipinski definition) is 0. The van der Waals surface area contributed by atoms with E-state index in [-0.39, 0.29) is 0 Å². The lowest BCUT2D eigenvalue weighted by Gasteiger charge is -2.26. The molecule has 1 aliphatic rings. The van der Waals surface area contributed by atoms with Gasteiger partial charge in [0.15, 0.2) is 0 Å². The van der Waals surface area contributed by atoms with Crippen molar-refractivity contribution >= 4 is 22.6 Å². The van der Waals surface area contributed by atoms with Crippen molar-refractivity contribution in [3.05, 3.63) is 40.2 Å². The maximum absolute atomic E-state index is 4.61. The maximum atomic E-state index is 4.61. The lowest BCUT2D eigenvalue weighted by molar-refractivity contribution is 0.266. The fraction of sp³-hybridized carbons (Fsp3) is 0.438. The van der Waals surface area contributed by atoms with Gasteiger partial charge in [-0.25, -0.2) is 0 Å². The predicted octanol–water partition coefficient (Wildman–Crippen LogP) is 4.91. The number of aromatic nitrogens is 2. The Hall–Kier alpha value is -0.840. The van der Waals surface area contributed by atoms with E-state index in [4.69, 9.17) is 0 Å². The normalized spacial score (nSPS) is 23.5. The van der Waals surface area contributed by atoms with Gasteiger partial charge in [0.05, 0.1) is 12.2 Å². The zero-order chi connectivity index (χ0) is 13.2. The van der Waals surface area contributed by atoms with Crippen LogP contribution < -0.4 is 0 Å². The van der Waals surface area contributed by atoms with E-state index in [1.54, 1.807) is 0 Å². The highest BCUT2D eigenvalue weighted by molar-refractivity contribution is 14.1. The molecule has 0 bridgehead atoms. The lowest BCUT2D eigenvalue weighted by atomic mass is 9.87. The van der Waals surface area contributed by atoms with Crippen LogP contribution in [0.2, 0.25) is 0 Å². The van der Waals surface area contributed by atoms with E-state index in [9.17, 15) is 0 Å². The minimum atomic E-state index is 0.596. The van der Waals surface area contributed by atoms with E-state index >= 15 is 0 Å². The van der Waals surface area contributed by atoms with Gasteiger partial charge in [0, 0.05) is 15.3 Å². The van der Waals surface area contributed by atoms with Crippen molar-refractivity contribution in [2.75, 3.05) is 0 Å². The number of benzene rings is 1. The monoisotopic (exact) mass is 366 g/mol. The Balaban J connectivity index is 1.85. The Morgan fingerprint density at radius 3 is 2.89 bits per heavy atom. The third-order valence-corrected chi connectivity index (χ3v) is 5.01. The number of rotatable bonds is 2. The summed E-state index contributed by atoms with van der Waals surface area (Å²) in [4.78, 5) is 0. The molecule has 1 heterocycles. The average molecular weight is 366 g/mol. The van der Waals surface area contributed by atoms with Gasteiger partial charge in [-0.15, -0.1) is 0 Å². The van der Waals surface area contributed by atoms with Crippen LogP contribution in [0.25, 0.3) is 11.1 Å². The fourth-order valence-electron chi connectivity index (χ4n) is 3.01. The average Bonchev–Trinajstić information content (AvgIpc) is 2.89. The van der Waals surface area contributed by atoms with E-state index in [1.165, 1.54) is 40.4 Å². The van der Waals surface area contributed by atoms with Gasteiger partial charge in [-0.1, -0.05) is 38.0 Å². The molecule has 1 aromatic carbocycles. The lowest BCUT2D eigenvalue weighted by Crippen LogP contribution is -2.17. The van der Waals surface area contributed by atoms with Crippen LogP contribution in [0.3, 0.4) is 0 Å². The van der Waals surface area contributed by atoms with Crippen LogP contribution in [0.4, 0.5) is 0 Å². The Labute approximate surface area is 128 Å². The summed E-state index contributed by atoms with van der Waals surface area (Å²) < 4.78 is 3.48. The van der Waals surface area contributed by atoms with Crippen molar-refractivity contribution in [2.45, 2.75) is 38.6 Å². The van der Waals surface area contributed by atoms with Gasteiger partial charge >= 0.3 is 0 Å². The van der Waals surface area contributed by atoms with Gasteiger partial charge in [0.25, 0.3) is 0 Å². The highest BCUT2D eigenvalue weighted by Gasteiger charge is 2.21. The first kappa shape index (κ1) is 13.2. The van der Waals surface area contributed by atoms with Gasteiger partial charge in [-0.2, -0.15) is 5.10 Å². The third-order valence-electron chi connectivity index (χ3n) is 4.07. The van der Waals surface area contributed by atoms with Crippen molar-refractivity contribution < 1.29 is 0 Å². The third kappa shape index (κ3) is 2.86. The Kier molecular flexibility index (Phi) is 3.91. The predicted molar refractivity (Wildman–Crippen MR) is 87.0 cm³/mol. The van der Waals surface area contributed by atoms with Crippen molar-refractivity contribution in [1.82, 2.24) is 9.78 Å². The zero-order valence-corrected chi connectivity index (χ0v) is 13.4. The minimum Gasteiger partial charge on any atom is -0.269 e. The molecule has 100 valence electrons. The molecule has 0 radical (unpaired) electrons. The topological polar surface area (TPSA) is 17.8 Å². The van der Waals surface area contributed by atoms with Crippen LogP contribution in [0.1, 0.15) is 38.6 Å². The minimum absolute atomic E-state index is 0.596. The number of halogens is 1. The Morgan fingerprint density at radius 1 is 1.26 bits per heavy atom. The standard InChI is InChI=1S/C16H19IN2/c1-12-5-4-6-14(9-12)19-11-13(10-18-19)15-7-2-3-8-16(15)17/h2-3,7-8,10-12,14H,4-6,9H2,1H3. The zero-order valence-electron chi connectivity index (χ0n) is 11.2. The second kappa shape index (κ2) is 5.65. The smallest absolute Gasteiger partial charge is 0.0568 e. The Bertz CT molecular complexity index is 561. The molecule has 0 spiro atoms. The van der Waals surface area contributed by atoms with Gasteiger partial charge in [-0.05, 0) is 53.0 Å². The summed E-state index contributed by atoms with van der Waals surface area (Å²) in [5.41, 5.74) is 2.53. The molecule has 2 atom stereocenters. The van der Waals surface area contributed by atoms with E-state index in [0.717, 1.165) is 5.92 Å². The summed E-state index contributed by atoms with van der Waals surface area (Å²) in [5, 5.41) is 4.61. The molecule has 0 saturated heterocycles. The van der Waals surface area contributed by atoms with E-state index in [0.29, 0.717) is 6.04 Å². The molecule has 0 aliphatic heterocycles. The molecule has 1 aliphatic carbocycles. The van der Waals surface area contributed by atoms with Crippen LogP contribution in [0, 0.1) is 9.49 Å². The van der Waals surface area contributed by atoms with Crippen LogP contribution in [0.5, 0.6) is 0 Å². The molecule has 2 aromatic rings. The molecule has 2 unspecified atom stereocenters. The first-order chi connectivity index (χ1) is 9.24. The van der Waals surface area contributed by atoms with Crippen LogP contribution >= 0.6 is 22.6 Å². The largest absolute Gasteiger partial charge is 0.269 e. The van der Waals surface area contributed by atoms with Gasteiger partial charge in [-0.3, -0.25) is 4.68 Å². The molecule has 19 heavy (non-hydrogen) atoms. The summed E-state index contributed by atoms with van der Waals surface area (Å²) in [7, 11) is 0. The Morgan fingerprint density at radius 2 is 2.11 bits per heavy atom. The molecule has 0 N–H and O–H groups in total. The summed E-state index contributed by atoms with van der Waals surface area (Å²) >= 11 is 2.39. The van der Waals surface area contributed by atoms with Crippen molar-refractivity contribution in [3.8, 4) is 11.1 Å². The molecule has 3 heteroatoms. The van der Waals surface area contributed by atoms with E-state index in [2.05, 4.69) is 69.8 Å². The van der Waals surface area contributed by atoms with Gasteiger partial charge in [0.1, 0.15) is 0 Å². The van der Waals surface area contributed by atoms with Crippen LogP contribution in [0.15, 0.2) is 36.7 Å². The second-order valence-electron chi connectivity index (χ2n) is 5.61. The molecule has 1 fully saturated rings. The summed E-state index contributed by atoms with van der Waals surface area (Å²) in [5.74, 6) is 0.836. The molecular formula is C16H19IN2. The molecular weight excluding hydrogens is 347 g/mol. The van der Waals surface area contributed by atoms with Crippen LogP contribution in [-0.4, -0.2) is 9.78 Å². The molecule has 1 saturated carbocycles. The number of hydrogen-bond acceptors (Lipinski definition) is 1. The van der Waals surface area contributed by atoms with E-state index < -0.39 is 0 Å². The SMILES string of the molecule is CC1CCCC(n2cc(-c3ccccc3I)cn2)C1. The highest BCUT2D eigenvalue weighted by atomic mass is 127. The van der Waals surface area contributed by atoms with Crippen molar-refractivity contribution in [1.29, 1.82) is 0 Å². The van der Waals surface area contributed by atoms with Crippen molar-refractivity contribution in [2.24, 2.45) is 5.92 Å². The molecule has 0 amide bonds. The maximum Gasteiger partial charge on any atom is 0.0568 e. The molecule has 1 aromatic heterocycles. The molecule has 2 nitrogen and oxygen atoms in total.